The van der Waals surface area contributed by atoms with Gasteiger partial charge in [-0.25, -0.2) is 4.79 Å². The Balaban J connectivity index is 1.77. The van der Waals surface area contributed by atoms with Crippen molar-refractivity contribution in [3.63, 3.8) is 0 Å². The fourth-order valence-corrected chi connectivity index (χ4v) is 10.7. The molecule has 11 heteroatoms. The molecule has 1 aliphatic rings. The van der Waals surface area contributed by atoms with Gasteiger partial charge in [-0.2, -0.15) is 0 Å². The summed E-state index contributed by atoms with van der Waals surface area (Å²) in [7, 11) is 0. The van der Waals surface area contributed by atoms with Crippen LogP contribution in [0.1, 0.15) is 302 Å². The molecule has 1 aliphatic heterocycles. The molecular formula is C63H118N2O9. The summed E-state index contributed by atoms with van der Waals surface area (Å²) in [4.78, 5) is 13.2. The van der Waals surface area contributed by atoms with Gasteiger partial charge in [-0.1, -0.05) is 284 Å². The third-order valence-corrected chi connectivity index (χ3v) is 15.7. The molecule has 1 amide bonds. The molecule has 0 aliphatic carbocycles. The first kappa shape index (κ1) is 68.3. The van der Waals surface area contributed by atoms with Gasteiger partial charge < -0.3 is 45.1 Å². The normalized spacial score (nSPS) is 19.3. The Hall–Kier alpha value is -1.83. The first-order valence-electron chi connectivity index (χ1n) is 31.4. The molecule has 74 heavy (non-hydrogen) atoms. The lowest BCUT2D eigenvalue weighted by Crippen LogP contribution is -2.60. The number of aliphatic hydroxyl groups excluding tert-OH is 5. The van der Waals surface area contributed by atoms with Gasteiger partial charge >= 0.3 is 6.09 Å². The fourth-order valence-electron chi connectivity index (χ4n) is 10.7. The van der Waals surface area contributed by atoms with E-state index in [-0.39, 0.29) is 18.4 Å². The van der Waals surface area contributed by atoms with E-state index in [2.05, 4.69) is 52.2 Å². The third kappa shape index (κ3) is 31.5. The maximum atomic E-state index is 13.2. The second-order valence-corrected chi connectivity index (χ2v) is 23.1. The van der Waals surface area contributed by atoms with Crippen molar-refractivity contribution in [3.05, 3.63) is 29.3 Å². The quantitative estimate of drug-likeness (QED) is 0.0312. The molecule has 1 fully saturated rings. The molecule has 1 heterocycles. The van der Waals surface area contributed by atoms with Crippen LogP contribution in [0.2, 0.25) is 0 Å². The van der Waals surface area contributed by atoms with Crippen molar-refractivity contribution < 1.29 is 44.5 Å². The summed E-state index contributed by atoms with van der Waals surface area (Å²) in [6, 6.07) is 5.25. The highest BCUT2D eigenvalue weighted by Crippen LogP contribution is 2.33. The number of carbonyl (C=O) groups excluding carboxylic acids is 1. The van der Waals surface area contributed by atoms with Crippen LogP contribution in [0.5, 0.6) is 0 Å². The molecule has 1 aromatic carbocycles. The van der Waals surface area contributed by atoms with E-state index in [0.717, 1.165) is 49.7 Å². The summed E-state index contributed by atoms with van der Waals surface area (Å²) < 4.78 is 17.5. The van der Waals surface area contributed by atoms with Gasteiger partial charge in [0.05, 0.1) is 30.5 Å². The Bertz CT molecular complexity index is 1420. The van der Waals surface area contributed by atoms with Gasteiger partial charge in [0.2, 0.25) is 0 Å². The van der Waals surface area contributed by atoms with Gasteiger partial charge in [-0.15, -0.1) is 0 Å². The smallest absolute Gasteiger partial charge is 0.411 e. The number of hydrogen-bond donors (Lipinski definition) is 7. The zero-order valence-electron chi connectivity index (χ0n) is 48.7. The van der Waals surface area contributed by atoms with E-state index >= 15 is 0 Å². The first-order chi connectivity index (χ1) is 35.9. The SMILES string of the molecule is CCCCCCCCCCCCCCCCCCCCCCCCCCN[C@@H](CO[C@H]1O[C@H](COC(=O)Nc2c(C(C)C)cccc2C(C)C)[C@H](O)[C@H](O)[C@H]1O)[C@H](O)[C@H](O)CCCCCCCCCCCCCC. The number of aliphatic hydroxyl groups is 5. The molecule has 0 spiro atoms. The minimum Gasteiger partial charge on any atom is -0.446 e. The highest BCUT2D eigenvalue weighted by Gasteiger charge is 2.45. The summed E-state index contributed by atoms with van der Waals surface area (Å²) >= 11 is 0. The molecular weight excluding hydrogens is 929 g/mol. The molecule has 0 unspecified atom stereocenters. The maximum absolute atomic E-state index is 13.2. The predicted molar refractivity (Wildman–Crippen MR) is 308 cm³/mol. The van der Waals surface area contributed by atoms with Crippen molar-refractivity contribution in [2.45, 2.75) is 340 Å². The number of ether oxygens (including phenoxy) is 3. The van der Waals surface area contributed by atoms with Gasteiger partial charge in [-0.05, 0) is 42.3 Å². The molecule has 434 valence electrons. The minimum atomic E-state index is -1.63. The summed E-state index contributed by atoms with van der Waals surface area (Å²) in [5.41, 5.74) is 2.63. The zero-order valence-corrected chi connectivity index (χ0v) is 48.7. The molecule has 1 saturated heterocycles. The number of benzene rings is 1. The molecule has 8 atom stereocenters. The number of amides is 1. The monoisotopic (exact) mass is 1050 g/mol. The Morgan fingerprint density at radius 3 is 1.31 bits per heavy atom. The van der Waals surface area contributed by atoms with Gasteiger partial charge in [0, 0.05) is 0 Å². The topological polar surface area (TPSA) is 170 Å². The van der Waals surface area contributed by atoms with Crippen molar-refractivity contribution in [1.82, 2.24) is 5.32 Å². The van der Waals surface area contributed by atoms with Crippen molar-refractivity contribution in [1.29, 1.82) is 0 Å². The fraction of sp³-hybridized carbons (Fsp3) is 0.889. The number of anilines is 1. The van der Waals surface area contributed by atoms with Crippen LogP contribution in [0.4, 0.5) is 10.5 Å². The Kier molecular flexibility index (Phi) is 41.6. The zero-order chi connectivity index (χ0) is 54.0. The van der Waals surface area contributed by atoms with E-state index in [4.69, 9.17) is 14.2 Å². The van der Waals surface area contributed by atoms with Crippen LogP contribution >= 0.6 is 0 Å². The second-order valence-electron chi connectivity index (χ2n) is 23.1. The van der Waals surface area contributed by atoms with E-state index in [1.807, 2.05) is 18.2 Å². The van der Waals surface area contributed by atoms with Crippen LogP contribution < -0.4 is 10.6 Å². The number of rotatable bonds is 49. The molecule has 2 rings (SSSR count). The molecule has 11 nitrogen and oxygen atoms in total. The molecule has 0 radical (unpaired) electrons. The largest absolute Gasteiger partial charge is 0.446 e. The van der Waals surface area contributed by atoms with Crippen molar-refractivity contribution in [3.8, 4) is 0 Å². The van der Waals surface area contributed by atoms with Crippen molar-refractivity contribution in [2.24, 2.45) is 0 Å². The molecule has 1 aromatic rings. The van der Waals surface area contributed by atoms with E-state index < -0.39 is 61.7 Å². The van der Waals surface area contributed by atoms with Crippen LogP contribution in [0.3, 0.4) is 0 Å². The summed E-state index contributed by atoms with van der Waals surface area (Å²) in [6.07, 6.45) is 37.0. The minimum absolute atomic E-state index is 0.126. The van der Waals surface area contributed by atoms with Gasteiger partial charge in [0.25, 0.3) is 0 Å². The Morgan fingerprint density at radius 1 is 0.541 bits per heavy atom. The summed E-state index contributed by atoms with van der Waals surface area (Å²) in [6.45, 7) is 12.9. The molecule has 7 N–H and O–H groups in total. The second kappa shape index (κ2) is 45.1. The van der Waals surface area contributed by atoms with E-state index in [1.165, 1.54) is 193 Å². The highest BCUT2D eigenvalue weighted by molar-refractivity contribution is 5.87. The third-order valence-electron chi connectivity index (χ3n) is 15.7. The Morgan fingerprint density at radius 2 is 0.919 bits per heavy atom. The number of carbonyl (C=O) groups is 1. The maximum Gasteiger partial charge on any atom is 0.411 e. The molecule has 0 saturated carbocycles. The molecule has 0 bridgehead atoms. The summed E-state index contributed by atoms with van der Waals surface area (Å²) in [5.74, 6) is 0.301. The Labute approximate surface area is 454 Å². The van der Waals surface area contributed by atoms with E-state index in [1.54, 1.807) is 0 Å². The average Bonchev–Trinajstić information content (AvgIpc) is 3.38. The molecule has 0 aromatic heterocycles. The van der Waals surface area contributed by atoms with Crippen molar-refractivity contribution in [2.75, 3.05) is 25.1 Å². The van der Waals surface area contributed by atoms with Gasteiger partial charge in [-0.3, -0.25) is 5.32 Å². The average molecular weight is 1050 g/mol. The van der Waals surface area contributed by atoms with E-state index in [9.17, 15) is 30.3 Å². The first-order valence-corrected chi connectivity index (χ1v) is 31.4. The number of hydrogen-bond acceptors (Lipinski definition) is 10. The van der Waals surface area contributed by atoms with Crippen molar-refractivity contribution >= 4 is 11.8 Å². The highest BCUT2D eigenvalue weighted by atomic mass is 16.7. The van der Waals surface area contributed by atoms with Crippen LogP contribution in [0, 0.1) is 0 Å². The lowest BCUT2D eigenvalue weighted by Gasteiger charge is -2.40. The standard InChI is InChI=1S/C63H118N2O9/c1-7-9-11-13-15-17-19-21-22-23-24-25-26-27-28-29-30-31-32-34-36-38-40-42-47-64-54(58(67)55(66)46-41-39-37-35-33-20-18-16-14-12-10-8-2)48-72-62-61(70)60(69)59(68)56(74-62)49-73-63(71)65-57-52(50(3)4)44-43-45-53(57)51(5)6/h43-45,50-51,54-56,58-62,64,66-70H,7-42,46-49H2,1-6H3,(H,65,71)/t54-,55+,56+,58-,59-,60-,61+,62-/m0/s1. The van der Waals surface area contributed by atoms with Gasteiger partial charge in [0.1, 0.15) is 31.0 Å². The number of nitrogens with one attached hydrogen (secondary N) is 2. The van der Waals surface area contributed by atoms with Crippen LogP contribution in [0.25, 0.3) is 0 Å². The van der Waals surface area contributed by atoms with E-state index in [0.29, 0.717) is 18.7 Å². The summed E-state index contributed by atoms with van der Waals surface area (Å²) in [5, 5.41) is 61.8. The lowest BCUT2D eigenvalue weighted by molar-refractivity contribution is -0.302. The van der Waals surface area contributed by atoms with Gasteiger partial charge in [0.15, 0.2) is 6.29 Å². The van der Waals surface area contributed by atoms with Crippen LogP contribution in [-0.2, 0) is 14.2 Å². The number of para-hydroxylation sites is 1. The lowest BCUT2D eigenvalue weighted by atomic mass is 9.93. The number of unbranched alkanes of at least 4 members (excludes halogenated alkanes) is 34. The van der Waals surface area contributed by atoms with Crippen LogP contribution in [-0.4, -0.2) is 100 Å². The van der Waals surface area contributed by atoms with Crippen LogP contribution in [0.15, 0.2) is 18.2 Å². The predicted octanol–water partition coefficient (Wildman–Crippen LogP) is 15.5.